The van der Waals surface area contributed by atoms with Gasteiger partial charge in [0.15, 0.2) is 0 Å². The molecule has 0 aliphatic carbocycles. The Kier molecular flexibility index (Phi) is 38.6. The largest absolute Gasteiger partial charge is 0.493 e. The summed E-state index contributed by atoms with van der Waals surface area (Å²) in [4.78, 5) is 59.3. The van der Waals surface area contributed by atoms with Crippen molar-refractivity contribution >= 4 is 103 Å². The molecule has 0 radical (unpaired) electrons. The average Bonchev–Trinajstić information content (AvgIpc) is 0.932. The molecule has 110 heavy (non-hydrogen) atoms. The van der Waals surface area contributed by atoms with Crippen LogP contribution in [0.4, 0.5) is 0 Å². The number of hydrogen-bond donors (Lipinski definition) is 3. The zero-order chi connectivity index (χ0) is 82.5. The molecule has 38 heteroatoms. The number of ether oxygens (including phenoxy) is 10. The molecule has 3 saturated heterocycles. The van der Waals surface area contributed by atoms with E-state index in [-0.39, 0.29) is 125 Å². The van der Waals surface area contributed by atoms with E-state index in [2.05, 4.69) is 9.44 Å². The van der Waals surface area contributed by atoms with Crippen molar-refractivity contribution in [1.82, 2.24) is 22.4 Å². The third kappa shape index (κ3) is 26.1. The molecule has 3 fully saturated rings. The fourth-order valence-corrected chi connectivity index (χ4v) is 18.8. The maximum absolute atomic E-state index is 12.9. The molecule has 0 atom stereocenters. The number of sulfonamides is 5. The first-order chi connectivity index (χ1) is 51.9. The molecule has 0 aromatic heterocycles. The highest BCUT2D eigenvalue weighted by molar-refractivity contribution is 7.90. The highest BCUT2D eigenvalue weighted by Gasteiger charge is 2.35. The number of aromatic carboxylic acids is 1. The molecule has 5 aromatic rings. The van der Waals surface area contributed by atoms with Crippen LogP contribution in [-0.4, -0.2) is 215 Å². The molecule has 31 nitrogen and oxygen atoms in total. The van der Waals surface area contributed by atoms with Crippen LogP contribution in [0.2, 0.25) is 10.0 Å². The molecule has 8 rings (SSSR count). The molecule has 0 bridgehead atoms. The van der Waals surface area contributed by atoms with E-state index in [0.29, 0.717) is 95.1 Å². The molecule has 3 aliphatic heterocycles. The predicted molar refractivity (Wildman–Crippen MR) is 410 cm³/mol. The number of carbonyl (C=O) groups excluding carboxylic acids is 4. The number of morpholine rings is 1. The minimum atomic E-state index is -3.84. The Bertz CT molecular complexity index is 4450. The van der Waals surface area contributed by atoms with Gasteiger partial charge in [0.1, 0.15) is 66.4 Å². The fraction of sp³-hybridized carbons (Fsp3) is 0.514. The van der Waals surface area contributed by atoms with Gasteiger partial charge in [0.2, 0.25) is 50.1 Å². The third-order valence-electron chi connectivity index (χ3n) is 15.7. The standard InChI is InChI=1S/C16H22ClNO5S.C15H20ClNO6S.C15H23NO5S.C13H17NO5S.C13H19NO5S/c1-3-22-14-11-13(17)15(10-12(14)16(19)23-4-2)24(20,21)18-8-6-5-7-9-18;1-3-22-13-10-12(16)14(9-11(13)15(18)23-4-2)24(19,20)17-5-7-21-8-6-17;1-6-20-13-8-11(5)14(22(18,19)16-10(3)4)9-12(13)15(17)21-7-2;1-2-19-12-6-5-10(9-11(12)13(15)16)20(17,18)14-7-3-4-8-14;1-5-18-11-7-9(3)12(20(16,17)14-4)8-10(11)13(15)19-6-2/h10-11H,3-9H2,1-2H3;9-10H,3-8H2,1-2H3;8-10,16H,6-7H2,1-5H3;5-6,9H,2-4,7-8H2,1H3,(H,15,16);7-8,14H,5-6H2,1-4H3. The molecule has 3 N–H and O–H groups in total. The van der Waals surface area contributed by atoms with E-state index in [0.717, 1.165) is 32.1 Å². The van der Waals surface area contributed by atoms with Gasteiger partial charge in [-0.05, 0) is 188 Å². The first-order valence-corrected chi connectivity index (χ1v) is 43.6. The summed E-state index contributed by atoms with van der Waals surface area (Å²) in [5.41, 5.74) is 1.19. The van der Waals surface area contributed by atoms with Crippen molar-refractivity contribution in [2.75, 3.05) is 119 Å². The SMILES string of the molecule is CCOC(=O)c1cc(S(=O)(=O)N2CCCCC2)c(Cl)cc1OCC.CCOC(=O)c1cc(S(=O)(=O)N2CCOCC2)c(Cl)cc1OCC.CCOC(=O)c1cc(S(=O)(=O)NC(C)C)c(C)cc1OCC.CCOC(=O)c1cc(S(=O)(=O)NC)c(C)cc1OCC.CCOc1ccc(S(=O)(=O)N2CCCC2)cc1C(=O)O. The quantitative estimate of drug-likeness (QED) is 0.0284. The topological polar surface area (TPSA) is 402 Å². The maximum atomic E-state index is 12.9. The van der Waals surface area contributed by atoms with Crippen LogP contribution in [-0.2, 0) is 73.8 Å². The van der Waals surface area contributed by atoms with Crippen LogP contribution in [0.3, 0.4) is 0 Å². The van der Waals surface area contributed by atoms with E-state index < -0.39 is 80.0 Å². The van der Waals surface area contributed by atoms with Gasteiger partial charge in [0, 0.05) is 57.4 Å². The van der Waals surface area contributed by atoms with Crippen molar-refractivity contribution < 1.29 is 119 Å². The Morgan fingerprint density at radius 1 is 0.418 bits per heavy atom. The Morgan fingerprint density at radius 3 is 1.07 bits per heavy atom. The number of benzene rings is 5. The van der Waals surface area contributed by atoms with Crippen molar-refractivity contribution in [3.8, 4) is 28.7 Å². The van der Waals surface area contributed by atoms with Crippen molar-refractivity contribution in [2.45, 2.75) is 153 Å². The number of esters is 4. The number of halogens is 2. The van der Waals surface area contributed by atoms with Crippen molar-refractivity contribution in [2.24, 2.45) is 0 Å². The number of carbonyl (C=O) groups is 5. The van der Waals surface area contributed by atoms with Gasteiger partial charge >= 0.3 is 29.8 Å². The molecular weight excluding hydrogens is 1580 g/mol. The molecule has 3 aliphatic rings. The summed E-state index contributed by atoms with van der Waals surface area (Å²) < 4.78 is 185. The molecule has 5 aromatic carbocycles. The number of carboxylic acid groups (broad SMARTS) is 1. The summed E-state index contributed by atoms with van der Waals surface area (Å²) in [6.45, 7) is 27.7. The fourth-order valence-electron chi connectivity index (χ4n) is 10.8. The number of carboxylic acids is 1. The first kappa shape index (κ1) is 94.9. The van der Waals surface area contributed by atoms with E-state index in [1.54, 1.807) is 96.1 Å². The van der Waals surface area contributed by atoms with Crippen molar-refractivity contribution in [3.63, 3.8) is 0 Å². The Balaban J connectivity index is 0.000000291. The zero-order valence-electron chi connectivity index (χ0n) is 64.3. The van der Waals surface area contributed by atoms with Gasteiger partial charge in [-0.25, -0.2) is 75.5 Å². The molecular formula is C72H101Cl2N5O26S5. The van der Waals surface area contributed by atoms with E-state index >= 15 is 0 Å². The predicted octanol–water partition coefficient (Wildman–Crippen LogP) is 10.3. The molecule has 614 valence electrons. The second kappa shape index (κ2) is 44.7. The monoisotopic (exact) mass is 1680 g/mol. The van der Waals surface area contributed by atoms with E-state index in [1.807, 2.05) is 0 Å². The highest BCUT2D eigenvalue weighted by atomic mass is 35.5. The lowest BCUT2D eigenvalue weighted by atomic mass is 10.1. The van der Waals surface area contributed by atoms with Crippen LogP contribution in [0.5, 0.6) is 28.7 Å². The summed E-state index contributed by atoms with van der Waals surface area (Å²) in [6, 6.07) is 14.6. The van der Waals surface area contributed by atoms with E-state index in [4.69, 9.17) is 75.7 Å². The van der Waals surface area contributed by atoms with Crippen molar-refractivity contribution in [3.05, 3.63) is 116 Å². The van der Waals surface area contributed by atoms with Crippen molar-refractivity contribution in [1.29, 1.82) is 0 Å². The number of rotatable bonds is 30. The van der Waals surface area contributed by atoms with Gasteiger partial charge in [-0.15, -0.1) is 0 Å². The van der Waals surface area contributed by atoms with Crippen LogP contribution in [0, 0.1) is 13.8 Å². The number of piperidine rings is 1. The number of nitrogens with zero attached hydrogens (tertiary/aromatic N) is 3. The summed E-state index contributed by atoms with van der Waals surface area (Å²) in [5.74, 6) is -2.47. The van der Waals surface area contributed by atoms with Gasteiger partial charge in [0.05, 0.1) is 97.4 Å². The Labute approximate surface area is 656 Å². The number of hydrogen-bond acceptors (Lipinski definition) is 25. The second-order valence-corrected chi connectivity index (χ2v) is 34.0. The van der Waals surface area contributed by atoms with Gasteiger partial charge in [-0.3, -0.25) is 0 Å². The average molecular weight is 1680 g/mol. The summed E-state index contributed by atoms with van der Waals surface area (Å²) >= 11 is 12.3. The minimum Gasteiger partial charge on any atom is -0.493 e. The Morgan fingerprint density at radius 2 is 0.736 bits per heavy atom. The normalized spacial score (nSPS) is 14.3. The van der Waals surface area contributed by atoms with Crippen LogP contribution in [0.25, 0.3) is 0 Å². The van der Waals surface area contributed by atoms with Crippen LogP contribution >= 0.6 is 23.2 Å². The molecule has 0 amide bonds. The van der Waals surface area contributed by atoms with Crippen LogP contribution in [0.1, 0.15) is 171 Å². The summed E-state index contributed by atoms with van der Waals surface area (Å²) in [7, 11) is -17.2. The summed E-state index contributed by atoms with van der Waals surface area (Å²) in [6.07, 6.45) is 4.32. The van der Waals surface area contributed by atoms with Gasteiger partial charge in [-0.1, -0.05) is 29.6 Å². The number of nitrogens with one attached hydrogen (secondary N) is 2. The molecule has 3 heterocycles. The molecule has 0 spiro atoms. The number of aryl methyl sites for hydroxylation is 2. The van der Waals surface area contributed by atoms with E-state index in [9.17, 15) is 66.1 Å². The first-order valence-electron chi connectivity index (χ1n) is 35.6. The minimum absolute atomic E-state index is 0.000234. The Hall–Kier alpha value is -7.46. The highest BCUT2D eigenvalue weighted by Crippen LogP contribution is 2.37. The van der Waals surface area contributed by atoms with E-state index in [1.165, 1.54) is 80.6 Å². The lowest BCUT2D eigenvalue weighted by molar-refractivity contribution is 0.0511. The maximum Gasteiger partial charge on any atom is 0.341 e. The second-order valence-electron chi connectivity index (χ2n) is 23.9. The van der Waals surface area contributed by atoms with Gasteiger partial charge in [-0.2, -0.15) is 12.9 Å². The van der Waals surface area contributed by atoms with Gasteiger partial charge in [0.25, 0.3) is 0 Å². The third-order valence-corrected chi connectivity index (χ3v) is 25.7. The lowest BCUT2D eigenvalue weighted by Crippen LogP contribution is -2.40. The van der Waals surface area contributed by atoms with Crippen LogP contribution in [0.15, 0.2) is 91.2 Å². The molecule has 0 saturated carbocycles. The van der Waals surface area contributed by atoms with Gasteiger partial charge < -0.3 is 52.5 Å². The van der Waals surface area contributed by atoms with Crippen LogP contribution < -0.4 is 33.1 Å². The molecule has 0 unspecified atom stereocenters. The smallest absolute Gasteiger partial charge is 0.341 e. The zero-order valence-corrected chi connectivity index (χ0v) is 69.9. The lowest BCUT2D eigenvalue weighted by Gasteiger charge is -2.26. The summed E-state index contributed by atoms with van der Waals surface area (Å²) in [5, 5.41) is 9.20.